The van der Waals surface area contributed by atoms with E-state index >= 15 is 0 Å². The maximum Gasteiger partial charge on any atom is 0.252 e. The summed E-state index contributed by atoms with van der Waals surface area (Å²) in [6.07, 6.45) is 2.71. The maximum atomic E-state index is 13.1. The quantitative estimate of drug-likeness (QED) is 0.691. The van der Waals surface area contributed by atoms with Gasteiger partial charge in [0.05, 0.1) is 0 Å². The minimum atomic E-state index is -0.456. The van der Waals surface area contributed by atoms with Gasteiger partial charge in [0.15, 0.2) is 0 Å². The molecular weight excluding hydrogens is 374 g/mol. The first-order valence-electron chi connectivity index (χ1n) is 10.3. The number of likely N-dealkylation sites (tertiary alicyclic amines) is 1. The molecule has 158 valence electrons. The standard InChI is InChI=1S/C22H35N3O2.ClH/c1-5-23-15-18-10-12-25(13-11-18)22(27)20(14-16(2)3)24-21(26)19-9-7-6-8-17(19)4;/h6-9,16,18,20,23H,5,10-15H2,1-4H3,(H,24,26);1H. The highest BCUT2D eigenvalue weighted by molar-refractivity contribution is 5.98. The van der Waals surface area contributed by atoms with Gasteiger partial charge in [-0.3, -0.25) is 9.59 Å². The topological polar surface area (TPSA) is 61.4 Å². The van der Waals surface area contributed by atoms with Crippen LogP contribution in [-0.4, -0.2) is 48.9 Å². The maximum absolute atomic E-state index is 13.1. The molecule has 0 aliphatic carbocycles. The van der Waals surface area contributed by atoms with Crippen LogP contribution >= 0.6 is 12.4 Å². The van der Waals surface area contributed by atoms with Crippen molar-refractivity contribution in [2.75, 3.05) is 26.2 Å². The average molecular weight is 410 g/mol. The van der Waals surface area contributed by atoms with Crippen LogP contribution in [0, 0.1) is 18.8 Å². The first kappa shape index (κ1) is 24.4. The van der Waals surface area contributed by atoms with E-state index in [-0.39, 0.29) is 24.2 Å². The van der Waals surface area contributed by atoms with E-state index < -0.39 is 6.04 Å². The Balaban J connectivity index is 0.00000392. The van der Waals surface area contributed by atoms with Gasteiger partial charge >= 0.3 is 0 Å². The zero-order chi connectivity index (χ0) is 19.8. The third-order valence-electron chi connectivity index (χ3n) is 5.31. The summed E-state index contributed by atoms with van der Waals surface area (Å²) in [5, 5.41) is 6.41. The summed E-state index contributed by atoms with van der Waals surface area (Å²) in [5.74, 6) is 0.878. The summed E-state index contributed by atoms with van der Waals surface area (Å²) in [6.45, 7) is 11.8. The predicted molar refractivity (Wildman–Crippen MR) is 117 cm³/mol. The van der Waals surface area contributed by atoms with E-state index in [4.69, 9.17) is 0 Å². The molecule has 0 saturated carbocycles. The third kappa shape index (κ3) is 7.10. The fourth-order valence-corrected chi connectivity index (χ4v) is 3.68. The summed E-state index contributed by atoms with van der Waals surface area (Å²) in [6, 6.07) is 7.05. The van der Waals surface area contributed by atoms with Crippen LogP contribution in [-0.2, 0) is 4.79 Å². The lowest BCUT2D eigenvalue weighted by Gasteiger charge is -2.35. The second-order valence-corrected chi connectivity index (χ2v) is 8.05. The minimum Gasteiger partial charge on any atom is -0.341 e. The van der Waals surface area contributed by atoms with Crippen LogP contribution in [0.25, 0.3) is 0 Å². The van der Waals surface area contributed by atoms with Crippen molar-refractivity contribution >= 4 is 24.2 Å². The summed E-state index contributed by atoms with van der Waals surface area (Å²) in [5.41, 5.74) is 1.57. The number of nitrogens with one attached hydrogen (secondary N) is 2. The molecule has 5 nitrogen and oxygen atoms in total. The van der Waals surface area contributed by atoms with Crippen molar-refractivity contribution in [3.05, 3.63) is 35.4 Å². The number of hydrogen-bond acceptors (Lipinski definition) is 3. The Morgan fingerprint density at radius 3 is 2.39 bits per heavy atom. The van der Waals surface area contributed by atoms with Gasteiger partial charge < -0.3 is 15.5 Å². The van der Waals surface area contributed by atoms with E-state index in [0.29, 0.717) is 23.8 Å². The molecule has 2 N–H and O–H groups in total. The first-order valence-corrected chi connectivity index (χ1v) is 10.3. The summed E-state index contributed by atoms with van der Waals surface area (Å²) < 4.78 is 0. The summed E-state index contributed by atoms with van der Waals surface area (Å²) in [7, 11) is 0. The molecule has 1 aromatic carbocycles. The van der Waals surface area contributed by atoms with Crippen molar-refractivity contribution in [1.29, 1.82) is 0 Å². The van der Waals surface area contributed by atoms with Crippen LogP contribution in [0.15, 0.2) is 24.3 Å². The number of hydrogen-bond donors (Lipinski definition) is 2. The van der Waals surface area contributed by atoms with E-state index in [0.717, 1.165) is 44.6 Å². The molecule has 1 unspecified atom stereocenters. The molecule has 0 bridgehead atoms. The van der Waals surface area contributed by atoms with Gasteiger partial charge in [0.25, 0.3) is 5.91 Å². The molecule has 28 heavy (non-hydrogen) atoms. The number of carbonyl (C=O) groups is 2. The molecule has 6 heteroatoms. The fourth-order valence-electron chi connectivity index (χ4n) is 3.68. The molecule has 1 atom stereocenters. The number of halogens is 1. The molecule has 2 amide bonds. The molecule has 1 saturated heterocycles. The highest BCUT2D eigenvalue weighted by Gasteiger charge is 2.30. The Labute approximate surface area is 176 Å². The van der Waals surface area contributed by atoms with Crippen LogP contribution < -0.4 is 10.6 Å². The van der Waals surface area contributed by atoms with Crippen molar-refractivity contribution in [2.45, 2.75) is 53.0 Å². The zero-order valence-electron chi connectivity index (χ0n) is 17.7. The monoisotopic (exact) mass is 409 g/mol. The Kier molecular flexibility index (Phi) is 10.5. The van der Waals surface area contributed by atoms with Crippen molar-refractivity contribution in [3.63, 3.8) is 0 Å². The Hall–Kier alpha value is -1.59. The van der Waals surface area contributed by atoms with Crippen LogP contribution in [0.2, 0.25) is 0 Å². The molecule has 1 heterocycles. The zero-order valence-corrected chi connectivity index (χ0v) is 18.5. The van der Waals surface area contributed by atoms with Gasteiger partial charge in [-0.1, -0.05) is 39.0 Å². The SMILES string of the molecule is CCNCC1CCN(C(=O)C(CC(C)C)NC(=O)c2ccccc2C)CC1.Cl. The fraction of sp³-hybridized carbons (Fsp3) is 0.636. The number of piperidine rings is 1. The number of nitrogens with zero attached hydrogens (tertiary/aromatic N) is 1. The van der Waals surface area contributed by atoms with Crippen LogP contribution in [0.3, 0.4) is 0 Å². The predicted octanol–water partition coefficient (Wildman–Crippen LogP) is 3.41. The second-order valence-electron chi connectivity index (χ2n) is 8.05. The minimum absolute atomic E-state index is 0. The van der Waals surface area contributed by atoms with Crippen molar-refractivity contribution in [3.8, 4) is 0 Å². The highest BCUT2D eigenvalue weighted by Crippen LogP contribution is 2.19. The lowest BCUT2D eigenvalue weighted by Crippen LogP contribution is -2.51. The largest absolute Gasteiger partial charge is 0.341 e. The van der Waals surface area contributed by atoms with Crippen molar-refractivity contribution in [1.82, 2.24) is 15.5 Å². The van der Waals surface area contributed by atoms with E-state index in [2.05, 4.69) is 31.4 Å². The summed E-state index contributed by atoms with van der Waals surface area (Å²) in [4.78, 5) is 27.8. The third-order valence-corrected chi connectivity index (χ3v) is 5.31. The highest BCUT2D eigenvalue weighted by atomic mass is 35.5. The molecule has 2 rings (SSSR count). The lowest BCUT2D eigenvalue weighted by molar-refractivity contribution is -0.135. The number of benzene rings is 1. The number of rotatable bonds is 8. The normalized spacial score (nSPS) is 15.8. The van der Waals surface area contributed by atoms with Gasteiger partial charge in [-0.05, 0) is 62.7 Å². The number of amides is 2. The van der Waals surface area contributed by atoms with Gasteiger partial charge in [-0.15, -0.1) is 12.4 Å². The molecular formula is C22H36ClN3O2. The molecule has 0 aromatic heterocycles. The number of aryl methyl sites for hydroxylation is 1. The second kappa shape index (κ2) is 12.1. The van der Waals surface area contributed by atoms with Gasteiger partial charge in [-0.2, -0.15) is 0 Å². The lowest BCUT2D eigenvalue weighted by atomic mass is 9.95. The smallest absolute Gasteiger partial charge is 0.252 e. The molecule has 1 fully saturated rings. The van der Waals surface area contributed by atoms with E-state index in [1.165, 1.54) is 0 Å². The van der Waals surface area contributed by atoms with E-state index in [1.54, 1.807) is 0 Å². The van der Waals surface area contributed by atoms with Crippen molar-refractivity contribution < 1.29 is 9.59 Å². The Morgan fingerprint density at radius 1 is 1.18 bits per heavy atom. The van der Waals surface area contributed by atoms with Gasteiger partial charge in [0.2, 0.25) is 5.91 Å². The van der Waals surface area contributed by atoms with E-state index in [1.807, 2.05) is 36.1 Å². The van der Waals surface area contributed by atoms with E-state index in [9.17, 15) is 9.59 Å². The molecule has 1 aliphatic heterocycles. The molecule has 0 radical (unpaired) electrons. The molecule has 1 aromatic rings. The van der Waals surface area contributed by atoms with Crippen LogP contribution in [0.1, 0.15) is 56.0 Å². The number of carbonyl (C=O) groups excluding carboxylic acids is 2. The van der Waals surface area contributed by atoms with Crippen LogP contribution in [0.4, 0.5) is 0 Å². The molecule has 0 spiro atoms. The van der Waals surface area contributed by atoms with Crippen molar-refractivity contribution in [2.24, 2.45) is 11.8 Å². The van der Waals surface area contributed by atoms with Gasteiger partial charge in [0.1, 0.15) is 6.04 Å². The summed E-state index contributed by atoms with van der Waals surface area (Å²) >= 11 is 0. The average Bonchev–Trinajstić information content (AvgIpc) is 2.65. The van der Waals surface area contributed by atoms with Gasteiger partial charge in [0, 0.05) is 18.7 Å². The van der Waals surface area contributed by atoms with Gasteiger partial charge in [-0.25, -0.2) is 0 Å². The van der Waals surface area contributed by atoms with Crippen LogP contribution in [0.5, 0.6) is 0 Å². The Bertz CT molecular complexity index is 628. The first-order chi connectivity index (χ1) is 12.9. The molecule has 1 aliphatic rings. The Morgan fingerprint density at radius 2 is 1.82 bits per heavy atom.